The molecular formula is C21H18ClN5OS. The van der Waals surface area contributed by atoms with E-state index in [1.165, 1.54) is 17.7 Å². The van der Waals surface area contributed by atoms with Crippen molar-refractivity contribution in [2.75, 3.05) is 5.32 Å². The SMILES string of the molecule is Cc1ccc(Cc2cnc(NC(=O)c3ccc(Cn4cncn4)cc3)s2)cc1Cl. The molecule has 0 bridgehead atoms. The van der Waals surface area contributed by atoms with Gasteiger partial charge in [0.05, 0.1) is 6.54 Å². The molecule has 4 aromatic rings. The number of aryl methyl sites for hydroxylation is 1. The number of benzene rings is 2. The third kappa shape index (κ3) is 4.88. The average molecular weight is 424 g/mol. The summed E-state index contributed by atoms with van der Waals surface area (Å²) in [6, 6.07) is 13.4. The van der Waals surface area contributed by atoms with Crippen LogP contribution in [0.2, 0.25) is 5.02 Å². The van der Waals surface area contributed by atoms with E-state index in [0.29, 0.717) is 17.2 Å². The number of hydrogen-bond acceptors (Lipinski definition) is 5. The van der Waals surface area contributed by atoms with Crippen molar-refractivity contribution in [3.8, 4) is 0 Å². The second kappa shape index (κ2) is 8.55. The lowest BCUT2D eigenvalue weighted by atomic mass is 10.1. The predicted molar refractivity (Wildman–Crippen MR) is 115 cm³/mol. The highest BCUT2D eigenvalue weighted by Crippen LogP contribution is 2.24. The van der Waals surface area contributed by atoms with Crippen LogP contribution in [0, 0.1) is 6.92 Å². The fourth-order valence-corrected chi connectivity index (χ4v) is 3.87. The van der Waals surface area contributed by atoms with Crippen LogP contribution in [-0.4, -0.2) is 25.7 Å². The Morgan fingerprint density at radius 1 is 1.17 bits per heavy atom. The lowest BCUT2D eigenvalue weighted by Crippen LogP contribution is -2.11. The normalized spacial score (nSPS) is 10.8. The number of rotatable bonds is 6. The summed E-state index contributed by atoms with van der Waals surface area (Å²) in [5.41, 5.74) is 3.79. The van der Waals surface area contributed by atoms with Gasteiger partial charge in [0, 0.05) is 28.1 Å². The third-order valence-electron chi connectivity index (χ3n) is 4.42. The zero-order chi connectivity index (χ0) is 20.2. The highest BCUT2D eigenvalue weighted by Gasteiger charge is 2.10. The molecule has 8 heteroatoms. The standard InChI is InChI=1S/C21H18ClN5OS/c1-14-2-3-16(9-19(14)22)8-18-10-24-21(29-18)26-20(28)17-6-4-15(5-7-17)11-27-13-23-12-25-27/h2-7,9-10,12-13H,8,11H2,1H3,(H,24,26,28). The summed E-state index contributed by atoms with van der Waals surface area (Å²) in [6.07, 6.45) is 5.67. The average Bonchev–Trinajstić information content (AvgIpc) is 3.37. The number of carbonyl (C=O) groups is 1. The number of aromatic nitrogens is 4. The molecular weight excluding hydrogens is 406 g/mol. The van der Waals surface area contributed by atoms with Crippen molar-refractivity contribution in [1.82, 2.24) is 19.7 Å². The van der Waals surface area contributed by atoms with E-state index in [1.54, 1.807) is 29.3 Å². The molecule has 146 valence electrons. The fraction of sp³-hybridized carbons (Fsp3) is 0.143. The van der Waals surface area contributed by atoms with Crippen molar-refractivity contribution in [1.29, 1.82) is 0 Å². The first-order chi connectivity index (χ1) is 14.1. The molecule has 2 aromatic carbocycles. The number of carbonyl (C=O) groups excluding carboxylic acids is 1. The number of nitrogens with zero attached hydrogens (tertiary/aromatic N) is 4. The molecule has 29 heavy (non-hydrogen) atoms. The molecule has 2 heterocycles. The first-order valence-electron chi connectivity index (χ1n) is 8.99. The van der Waals surface area contributed by atoms with Crippen molar-refractivity contribution >= 4 is 34.0 Å². The predicted octanol–water partition coefficient (Wildman–Crippen LogP) is 4.59. The van der Waals surface area contributed by atoms with Crippen LogP contribution in [0.4, 0.5) is 5.13 Å². The van der Waals surface area contributed by atoms with Gasteiger partial charge < -0.3 is 0 Å². The third-order valence-corrected chi connectivity index (χ3v) is 5.74. The second-order valence-corrected chi connectivity index (χ2v) is 8.16. The van der Waals surface area contributed by atoms with Crippen LogP contribution >= 0.6 is 22.9 Å². The molecule has 0 saturated heterocycles. The molecule has 0 saturated carbocycles. The van der Waals surface area contributed by atoms with Crippen LogP contribution in [-0.2, 0) is 13.0 Å². The Kier molecular flexibility index (Phi) is 5.69. The summed E-state index contributed by atoms with van der Waals surface area (Å²) in [4.78, 5) is 21.8. The summed E-state index contributed by atoms with van der Waals surface area (Å²) in [5, 5.41) is 8.28. The quantitative estimate of drug-likeness (QED) is 0.492. The van der Waals surface area contributed by atoms with Crippen LogP contribution in [0.5, 0.6) is 0 Å². The molecule has 4 rings (SSSR count). The first kappa shape index (κ1) is 19.3. The maximum Gasteiger partial charge on any atom is 0.257 e. The van der Waals surface area contributed by atoms with Gasteiger partial charge in [0.25, 0.3) is 5.91 Å². The Morgan fingerprint density at radius 2 is 1.97 bits per heavy atom. The van der Waals surface area contributed by atoms with Crippen molar-refractivity contribution in [3.05, 3.63) is 93.5 Å². The summed E-state index contributed by atoms with van der Waals surface area (Å²) in [7, 11) is 0. The van der Waals surface area contributed by atoms with E-state index in [0.717, 1.165) is 33.0 Å². The van der Waals surface area contributed by atoms with Crippen molar-refractivity contribution < 1.29 is 4.79 Å². The van der Waals surface area contributed by atoms with Gasteiger partial charge >= 0.3 is 0 Å². The molecule has 6 nitrogen and oxygen atoms in total. The summed E-state index contributed by atoms with van der Waals surface area (Å²) in [5.74, 6) is -0.184. The molecule has 0 spiro atoms. The topological polar surface area (TPSA) is 72.7 Å². The monoisotopic (exact) mass is 423 g/mol. The van der Waals surface area contributed by atoms with Gasteiger partial charge in [-0.1, -0.05) is 35.9 Å². The maximum absolute atomic E-state index is 12.5. The Bertz CT molecular complexity index is 1120. The van der Waals surface area contributed by atoms with E-state index in [4.69, 9.17) is 11.6 Å². The molecule has 0 radical (unpaired) electrons. The van der Waals surface area contributed by atoms with Gasteiger partial charge in [-0.15, -0.1) is 11.3 Å². The molecule has 0 unspecified atom stereocenters. The highest BCUT2D eigenvalue weighted by atomic mass is 35.5. The lowest BCUT2D eigenvalue weighted by Gasteiger charge is -2.04. The fourth-order valence-electron chi connectivity index (χ4n) is 2.83. The molecule has 1 N–H and O–H groups in total. The van der Waals surface area contributed by atoms with E-state index in [2.05, 4.69) is 26.4 Å². The number of thiazole rings is 1. The minimum atomic E-state index is -0.184. The smallest absolute Gasteiger partial charge is 0.257 e. The molecule has 0 aliphatic carbocycles. The van der Waals surface area contributed by atoms with Gasteiger partial charge in [-0.3, -0.25) is 10.1 Å². The van der Waals surface area contributed by atoms with E-state index in [-0.39, 0.29) is 5.91 Å². The van der Waals surface area contributed by atoms with Crippen LogP contribution < -0.4 is 5.32 Å². The molecule has 0 fully saturated rings. The molecule has 0 aliphatic heterocycles. The van der Waals surface area contributed by atoms with Gasteiger partial charge in [0.2, 0.25) is 0 Å². The largest absolute Gasteiger partial charge is 0.298 e. The van der Waals surface area contributed by atoms with Gasteiger partial charge in [0.1, 0.15) is 12.7 Å². The van der Waals surface area contributed by atoms with Crippen LogP contribution in [0.15, 0.2) is 61.3 Å². The van der Waals surface area contributed by atoms with Gasteiger partial charge in [0.15, 0.2) is 5.13 Å². The number of amides is 1. The van der Waals surface area contributed by atoms with Crippen molar-refractivity contribution in [2.45, 2.75) is 19.9 Å². The van der Waals surface area contributed by atoms with Crippen molar-refractivity contribution in [2.24, 2.45) is 0 Å². The second-order valence-electron chi connectivity index (χ2n) is 6.64. The summed E-state index contributed by atoms with van der Waals surface area (Å²) >= 11 is 7.66. The van der Waals surface area contributed by atoms with Crippen LogP contribution in [0.1, 0.15) is 31.9 Å². The zero-order valence-electron chi connectivity index (χ0n) is 15.7. The van der Waals surface area contributed by atoms with E-state index in [9.17, 15) is 4.79 Å². The minimum Gasteiger partial charge on any atom is -0.298 e. The van der Waals surface area contributed by atoms with Gasteiger partial charge in [-0.05, 0) is 41.8 Å². The zero-order valence-corrected chi connectivity index (χ0v) is 17.2. The Labute approximate surface area is 177 Å². The number of anilines is 1. The number of nitrogens with one attached hydrogen (secondary N) is 1. The Balaban J connectivity index is 1.37. The van der Waals surface area contributed by atoms with E-state index >= 15 is 0 Å². The maximum atomic E-state index is 12.5. The number of halogens is 1. The molecule has 0 aliphatic rings. The van der Waals surface area contributed by atoms with Gasteiger partial charge in [-0.25, -0.2) is 14.6 Å². The van der Waals surface area contributed by atoms with E-state index in [1.807, 2.05) is 31.2 Å². The van der Waals surface area contributed by atoms with Crippen molar-refractivity contribution in [3.63, 3.8) is 0 Å². The first-order valence-corrected chi connectivity index (χ1v) is 10.2. The number of hydrogen-bond donors (Lipinski definition) is 1. The molecule has 1 amide bonds. The molecule has 2 aromatic heterocycles. The summed E-state index contributed by atoms with van der Waals surface area (Å²) < 4.78 is 1.73. The van der Waals surface area contributed by atoms with Crippen LogP contribution in [0.3, 0.4) is 0 Å². The van der Waals surface area contributed by atoms with Gasteiger partial charge in [-0.2, -0.15) is 5.10 Å². The Morgan fingerprint density at radius 3 is 2.69 bits per heavy atom. The lowest BCUT2D eigenvalue weighted by molar-refractivity contribution is 0.102. The highest BCUT2D eigenvalue weighted by molar-refractivity contribution is 7.15. The minimum absolute atomic E-state index is 0.184. The summed E-state index contributed by atoms with van der Waals surface area (Å²) in [6.45, 7) is 2.59. The van der Waals surface area contributed by atoms with E-state index < -0.39 is 0 Å². The van der Waals surface area contributed by atoms with Crippen LogP contribution in [0.25, 0.3) is 0 Å². The Hall–Kier alpha value is -3.03. The molecule has 0 atom stereocenters.